The molecule has 8 aliphatic rings. The Labute approximate surface area is 401 Å². The number of hydrogen-bond acceptors (Lipinski definition) is 14. The third-order valence-electron chi connectivity index (χ3n) is 15.8. The van der Waals surface area contributed by atoms with Gasteiger partial charge in [-0.05, 0) is 98.7 Å². The van der Waals surface area contributed by atoms with Crippen LogP contribution in [0.3, 0.4) is 0 Å². The molecule has 3 aromatic rings. The fourth-order valence-corrected chi connectivity index (χ4v) is 12.7. The largest absolute Gasteiger partial charge is 0.573 e. The predicted octanol–water partition coefficient (Wildman–Crippen LogP) is 4.66. The summed E-state index contributed by atoms with van der Waals surface area (Å²) in [7, 11) is 0. The second kappa shape index (κ2) is 19.1. The summed E-state index contributed by atoms with van der Waals surface area (Å²) in [6.45, 7) is 5.54. The van der Waals surface area contributed by atoms with E-state index in [0.717, 1.165) is 62.5 Å². The highest BCUT2D eigenvalue weighted by atomic mass is 19.4. The minimum Gasteiger partial charge on any atom is -0.405 e. The number of likely N-dealkylation sites (tertiary alicyclic amines) is 1. The number of rotatable bonds is 14. The lowest BCUT2D eigenvalue weighted by atomic mass is 9.48. The molecule has 3 atom stereocenters. The van der Waals surface area contributed by atoms with Crippen LogP contribution in [0.5, 0.6) is 5.75 Å². The number of alkyl halides is 3. The summed E-state index contributed by atoms with van der Waals surface area (Å²) in [4.78, 5) is 80.1. The monoisotopic (exact) mass is 969 g/mol. The second-order valence-corrected chi connectivity index (χ2v) is 20.2. The van der Waals surface area contributed by atoms with Crippen LogP contribution in [-0.4, -0.2) is 132 Å². The maximum atomic E-state index is 15.5. The molecular weight excluding hydrogens is 915 g/mol. The number of aromatic nitrogens is 2. The van der Waals surface area contributed by atoms with Gasteiger partial charge in [-0.25, -0.2) is 9.37 Å². The molecule has 7 fully saturated rings. The van der Waals surface area contributed by atoms with E-state index in [1.54, 1.807) is 6.07 Å². The number of carbonyl (C=O) groups is 5. The van der Waals surface area contributed by atoms with Crippen molar-refractivity contribution < 1.29 is 46.3 Å². The molecule has 370 valence electrons. The summed E-state index contributed by atoms with van der Waals surface area (Å²) in [6.07, 6.45) is 3.64. The van der Waals surface area contributed by atoms with Crippen molar-refractivity contribution >= 4 is 47.0 Å². The predicted molar refractivity (Wildman–Crippen MR) is 244 cm³/mol. The maximum Gasteiger partial charge on any atom is 0.573 e. The highest BCUT2D eigenvalue weighted by Gasteiger charge is 2.55. The molecule has 4 N–H and O–H groups in total. The van der Waals surface area contributed by atoms with Crippen LogP contribution in [0.15, 0.2) is 42.6 Å². The number of ether oxygens (including phenoxy) is 1. The number of anilines is 3. The highest BCUT2D eigenvalue weighted by Crippen LogP contribution is 2.60. The maximum absolute atomic E-state index is 15.5. The zero-order valence-corrected chi connectivity index (χ0v) is 38.5. The van der Waals surface area contributed by atoms with Gasteiger partial charge in [0.15, 0.2) is 0 Å². The van der Waals surface area contributed by atoms with Crippen molar-refractivity contribution in [3.63, 3.8) is 0 Å². The van der Waals surface area contributed by atoms with Crippen LogP contribution in [0.2, 0.25) is 0 Å². The minimum atomic E-state index is -4.83. The Bertz CT molecular complexity index is 2600. The molecule has 2 aromatic carbocycles. The van der Waals surface area contributed by atoms with Gasteiger partial charge in [-0.1, -0.05) is 18.2 Å². The molecule has 1 aromatic heterocycles. The van der Waals surface area contributed by atoms with Gasteiger partial charge in [-0.15, -0.1) is 13.2 Å². The molecule has 5 heterocycles. The Morgan fingerprint density at radius 3 is 2.34 bits per heavy atom. The number of para-hydroxylation sites is 1. The SMILES string of the molecule is N#Cc1cnc(NCc2ccccc2OC(F)(F)F)nc1NCC12CC3CC(C1)C(NCC(=O)N1CCC(CN4CCN(c5cc6c(cc5F)C(=O)N(C5CCC(=O)NC5=O)C6=O)CC4)CC1)C(C3)C2. The number of fused-ring (bicyclic) bond motifs is 1. The molecule has 11 rings (SSSR count). The third-order valence-corrected chi connectivity index (χ3v) is 15.8. The first-order valence-corrected chi connectivity index (χ1v) is 24.2. The van der Waals surface area contributed by atoms with Crippen molar-refractivity contribution in [2.45, 2.75) is 82.8 Å². The van der Waals surface area contributed by atoms with E-state index < -0.39 is 41.9 Å². The van der Waals surface area contributed by atoms with Crippen molar-refractivity contribution in [3.8, 4) is 11.8 Å². The van der Waals surface area contributed by atoms with Crippen molar-refractivity contribution in [3.05, 3.63) is 70.7 Å². The van der Waals surface area contributed by atoms with E-state index in [1.165, 1.54) is 30.5 Å². The van der Waals surface area contributed by atoms with E-state index in [4.69, 9.17) is 0 Å². The lowest BCUT2D eigenvalue weighted by molar-refractivity contribution is -0.274. The quantitative estimate of drug-likeness (QED) is 0.128. The third kappa shape index (κ3) is 9.71. The number of nitriles is 1. The number of piperidine rings is 2. The summed E-state index contributed by atoms with van der Waals surface area (Å²) >= 11 is 0. The van der Waals surface area contributed by atoms with Crippen LogP contribution < -0.4 is 30.9 Å². The topological polar surface area (TPSA) is 205 Å². The molecule has 4 bridgehead atoms. The van der Waals surface area contributed by atoms with Crippen LogP contribution in [0.4, 0.5) is 35.0 Å². The van der Waals surface area contributed by atoms with Gasteiger partial charge in [0.2, 0.25) is 23.7 Å². The van der Waals surface area contributed by atoms with Crippen LogP contribution >= 0.6 is 0 Å². The van der Waals surface area contributed by atoms with Crippen molar-refractivity contribution in [2.75, 3.05) is 74.4 Å². The van der Waals surface area contributed by atoms with E-state index in [0.29, 0.717) is 81.8 Å². The van der Waals surface area contributed by atoms with Gasteiger partial charge in [0.25, 0.3) is 11.8 Å². The van der Waals surface area contributed by atoms with Crippen molar-refractivity contribution in [2.24, 2.45) is 29.1 Å². The average molecular weight is 970 g/mol. The van der Waals surface area contributed by atoms with Gasteiger partial charge in [-0.2, -0.15) is 10.2 Å². The van der Waals surface area contributed by atoms with Gasteiger partial charge in [0, 0.05) is 76.9 Å². The smallest absolute Gasteiger partial charge is 0.405 e. The molecule has 70 heavy (non-hydrogen) atoms. The minimum absolute atomic E-state index is 0.000247. The summed E-state index contributed by atoms with van der Waals surface area (Å²) in [6, 6.07) is 9.60. The Kier molecular flexibility index (Phi) is 12.9. The number of imide groups is 2. The molecule has 17 nitrogen and oxygen atoms in total. The van der Waals surface area contributed by atoms with E-state index in [1.807, 2.05) is 9.80 Å². The molecule has 3 unspecified atom stereocenters. The molecule has 0 spiro atoms. The van der Waals surface area contributed by atoms with E-state index in [9.17, 15) is 42.4 Å². The number of carbonyl (C=O) groups excluding carboxylic acids is 5. The molecule has 3 saturated heterocycles. The molecule has 4 aliphatic heterocycles. The zero-order chi connectivity index (χ0) is 48.9. The Balaban J connectivity index is 0.666. The molecule has 0 radical (unpaired) electrons. The lowest BCUT2D eigenvalue weighted by Gasteiger charge is -2.60. The van der Waals surface area contributed by atoms with E-state index in [-0.39, 0.29) is 76.4 Å². The van der Waals surface area contributed by atoms with E-state index in [2.05, 4.69) is 46.9 Å². The Morgan fingerprint density at radius 1 is 0.929 bits per heavy atom. The molecule has 5 amide bonds. The first-order chi connectivity index (χ1) is 33.6. The summed E-state index contributed by atoms with van der Waals surface area (Å²) in [5.41, 5.74) is 0.754. The van der Waals surface area contributed by atoms with Crippen molar-refractivity contribution in [1.82, 2.24) is 35.3 Å². The molecular formula is C49H55F4N11O6. The van der Waals surface area contributed by atoms with Crippen LogP contribution in [0, 0.1) is 46.2 Å². The number of piperazine rings is 1. The zero-order valence-electron chi connectivity index (χ0n) is 38.5. The highest BCUT2D eigenvalue weighted by molar-refractivity contribution is 6.23. The van der Waals surface area contributed by atoms with Gasteiger partial charge < -0.3 is 30.5 Å². The van der Waals surface area contributed by atoms with Crippen LogP contribution in [0.1, 0.15) is 89.6 Å². The number of amides is 5. The number of hydrogen-bond donors (Lipinski definition) is 4. The molecule has 4 saturated carbocycles. The molecule has 21 heteroatoms. The molecule has 4 aliphatic carbocycles. The fraction of sp³-hybridized carbons (Fsp3) is 0.551. The van der Waals surface area contributed by atoms with Crippen LogP contribution in [-0.2, 0) is 20.9 Å². The van der Waals surface area contributed by atoms with E-state index >= 15 is 4.39 Å². The fourth-order valence-electron chi connectivity index (χ4n) is 12.7. The van der Waals surface area contributed by atoms with Gasteiger partial charge in [0.05, 0.1) is 29.6 Å². The number of halogens is 4. The summed E-state index contributed by atoms with van der Waals surface area (Å²) in [5.74, 6) is -1.03. The Morgan fingerprint density at radius 2 is 1.64 bits per heavy atom. The summed E-state index contributed by atoms with van der Waals surface area (Å²) < 4.78 is 58.6. The van der Waals surface area contributed by atoms with Gasteiger partial charge in [-0.3, -0.25) is 39.1 Å². The van der Waals surface area contributed by atoms with Crippen molar-refractivity contribution in [1.29, 1.82) is 5.26 Å². The van der Waals surface area contributed by atoms with Gasteiger partial charge in [0.1, 0.15) is 35.1 Å². The Hall–Kier alpha value is -6.40. The number of benzene rings is 2. The van der Waals surface area contributed by atoms with Crippen LogP contribution in [0.25, 0.3) is 0 Å². The standard InChI is InChI=1S/C49H55F4N11O6/c50-36-17-34-35(46(69)64(45(34)68)37-5-6-40(65)59-44(37)67)18-38(36)62-13-11-61(12-14-62)26-28-7-9-63(10-8-28)41(66)25-55-42-31-15-29-16-32(42)21-48(19-29,20-31)27-58-43-33(22-54)24-57-47(60-43)56-23-30-3-1-2-4-39(30)70-49(51,52)53/h1-4,17-18,24,28-29,31-32,37,42,55H,5-16,19-21,23,25-27H2,(H,59,65,67)(H2,56,57,58,60). The van der Waals surface area contributed by atoms with Gasteiger partial charge >= 0.3 is 6.36 Å². The number of nitrogens with zero attached hydrogens (tertiary/aromatic N) is 7. The number of nitrogens with one attached hydrogen (secondary N) is 4. The average Bonchev–Trinajstić information content (AvgIpc) is 3.56. The summed E-state index contributed by atoms with van der Waals surface area (Å²) in [5, 5.41) is 22.2. The normalized spacial score (nSPS) is 26.8. The second-order valence-electron chi connectivity index (χ2n) is 20.2. The first-order valence-electron chi connectivity index (χ1n) is 24.2. The lowest BCUT2D eigenvalue weighted by Crippen LogP contribution is -2.60. The first kappa shape index (κ1) is 47.3.